The molecule has 1 aliphatic heterocycles. The molecule has 1 fully saturated rings. The minimum absolute atomic E-state index is 0.176. The van der Waals surface area contributed by atoms with Crippen molar-refractivity contribution < 1.29 is 19.0 Å². The van der Waals surface area contributed by atoms with E-state index in [-0.39, 0.29) is 24.5 Å². The number of β-amino-alcohol motifs (C(OH)–C–C–N with tert-alkyl or cyclic N) is 1. The largest absolute Gasteiger partial charge is 0.444 e. The Labute approximate surface area is 128 Å². The molecular formula is C15H19ClFNO3. The van der Waals surface area contributed by atoms with Crippen LogP contribution in [0.4, 0.5) is 9.18 Å². The minimum atomic E-state index is -1.04. The molecule has 1 saturated heterocycles. The van der Waals surface area contributed by atoms with Gasteiger partial charge >= 0.3 is 6.09 Å². The topological polar surface area (TPSA) is 49.8 Å². The van der Waals surface area contributed by atoms with E-state index in [1.165, 1.54) is 17.0 Å². The molecule has 4 nitrogen and oxygen atoms in total. The van der Waals surface area contributed by atoms with E-state index in [0.29, 0.717) is 5.56 Å². The van der Waals surface area contributed by atoms with Crippen LogP contribution < -0.4 is 0 Å². The van der Waals surface area contributed by atoms with Crippen molar-refractivity contribution in [2.45, 2.75) is 38.4 Å². The first-order valence-electron chi connectivity index (χ1n) is 6.72. The SMILES string of the molecule is CC(C)(C)OC(=O)N1CC(O)(Cc2ccc(F)cc2Cl)C1. The van der Waals surface area contributed by atoms with Crippen molar-refractivity contribution in [3.8, 4) is 0 Å². The van der Waals surface area contributed by atoms with Gasteiger partial charge in [0.2, 0.25) is 0 Å². The summed E-state index contributed by atoms with van der Waals surface area (Å²) in [6.45, 7) is 5.71. The zero-order valence-electron chi connectivity index (χ0n) is 12.3. The molecule has 21 heavy (non-hydrogen) atoms. The summed E-state index contributed by atoms with van der Waals surface area (Å²) in [5.41, 5.74) is -0.951. The average Bonchev–Trinajstić information content (AvgIpc) is 2.27. The third-order valence-corrected chi connectivity index (χ3v) is 3.51. The van der Waals surface area contributed by atoms with Gasteiger partial charge in [-0.15, -0.1) is 0 Å². The van der Waals surface area contributed by atoms with E-state index < -0.39 is 23.1 Å². The smallest absolute Gasteiger partial charge is 0.410 e. The Bertz CT molecular complexity index is 550. The maximum absolute atomic E-state index is 13.0. The van der Waals surface area contributed by atoms with Crippen molar-refractivity contribution in [2.24, 2.45) is 0 Å². The van der Waals surface area contributed by atoms with Gasteiger partial charge in [-0.25, -0.2) is 9.18 Å². The third-order valence-electron chi connectivity index (χ3n) is 3.16. The normalized spacial score (nSPS) is 17.3. The third kappa shape index (κ3) is 4.08. The molecule has 0 aliphatic carbocycles. The number of amides is 1. The van der Waals surface area contributed by atoms with Gasteiger partial charge in [0.05, 0.1) is 13.1 Å². The fourth-order valence-corrected chi connectivity index (χ4v) is 2.49. The molecule has 0 aromatic heterocycles. The summed E-state index contributed by atoms with van der Waals surface area (Å²) in [5.74, 6) is -0.417. The van der Waals surface area contributed by atoms with E-state index in [1.54, 1.807) is 26.8 Å². The first-order chi connectivity index (χ1) is 9.58. The van der Waals surface area contributed by atoms with Crippen LogP contribution in [0.2, 0.25) is 5.02 Å². The first-order valence-corrected chi connectivity index (χ1v) is 7.10. The zero-order chi connectivity index (χ0) is 15.8. The summed E-state index contributed by atoms with van der Waals surface area (Å²) in [5, 5.41) is 10.6. The number of halogens is 2. The summed E-state index contributed by atoms with van der Waals surface area (Å²) in [6.07, 6.45) is -0.178. The standard InChI is InChI=1S/C15H19ClFNO3/c1-14(2,3)21-13(19)18-8-15(20,9-18)7-10-4-5-11(17)6-12(10)16/h4-6,20H,7-9H2,1-3H3. The molecule has 116 valence electrons. The molecule has 0 spiro atoms. The molecule has 0 saturated carbocycles. The highest BCUT2D eigenvalue weighted by atomic mass is 35.5. The van der Waals surface area contributed by atoms with E-state index in [0.717, 1.165) is 0 Å². The van der Waals surface area contributed by atoms with E-state index in [9.17, 15) is 14.3 Å². The molecule has 0 bridgehead atoms. The Morgan fingerprint density at radius 2 is 2.10 bits per heavy atom. The highest BCUT2D eigenvalue weighted by molar-refractivity contribution is 6.31. The quantitative estimate of drug-likeness (QED) is 0.912. The summed E-state index contributed by atoms with van der Waals surface area (Å²) in [7, 11) is 0. The molecule has 0 unspecified atom stereocenters. The van der Waals surface area contributed by atoms with Gasteiger partial charge in [0.1, 0.15) is 17.0 Å². The minimum Gasteiger partial charge on any atom is -0.444 e. The molecule has 1 aromatic rings. The number of hydrogen-bond donors (Lipinski definition) is 1. The number of likely N-dealkylation sites (tertiary alicyclic amines) is 1. The summed E-state index contributed by atoms with van der Waals surface area (Å²) in [6, 6.07) is 4.06. The Morgan fingerprint density at radius 1 is 1.48 bits per heavy atom. The molecule has 1 N–H and O–H groups in total. The summed E-state index contributed by atoms with van der Waals surface area (Å²) >= 11 is 5.95. The van der Waals surface area contributed by atoms with E-state index in [4.69, 9.17) is 16.3 Å². The number of carbonyl (C=O) groups is 1. The van der Waals surface area contributed by atoms with Crippen LogP contribution in [0.25, 0.3) is 0 Å². The molecule has 6 heteroatoms. The van der Waals surface area contributed by atoms with Crippen LogP contribution in [0.3, 0.4) is 0 Å². The van der Waals surface area contributed by atoms with Gasteiger partial charge in [-0.05, 0) is 38.5 Å². The number of hydrogen-bond acceptors (Lipinski definition) is 3. The fraction of sp³-hybridized carbons (Fsp3) is 0.533. The van der Waals surface area contributed by atoms with Crippen LogP contribution >= 0.6 is 11.6 Å². The van der Waals surface area contributed by atoms with Gasteiger partial charge in [-0.2, -0.15) is 0 Å². The van der Waals surface area contributed by atoms with Gasteiger partial charge in [0.15, 0.2) is 0 Å². The van der Waals surface area contributed by atoms with Crippen molar-refractivity contribution in [1.29, 1.82) is 0 Å². The van der Waals surface area contributed by atoms with E-state index >= 15 is 0 Å². The maximum Gasteiger partial charge on any atom is 0.410 e. The highest BCUT2D eigenvalue weighted by Crippen LogP contribution is 2.29. The van der Waals surface area contributed by atoms with Crippen molar-refractivity contribution in [1.82, 2.24) is 4.90 Å². The number of rotatable bonds is 2. The van der Waals surface area contributed by atoms with Crippen LogP contribution in [0, 0.1) is 5.82 Å². The lowest BCUT2D eigenvalue weighted by Crippen LogP contribution is -2.65. The molecule has 2 rings (SSSR count). The number of carbonyl (C=O) groups excluding carboxylic acids is 1. The predicted octanol–water partition coefficient (Wildman–Crippen LogP) is 3.00. The lowest BCUT2D eigenvalue weighted by Gasteiger charge is -2.46. The monoisotopic (exact) mass is 315 g/mol. The Kier molecular flexibility index (Phi) is 4.17. The molecular weight excluding hydrogens is 297 g/mol. The molecule has 1 aromatic carbocycles. The van der Waals surface area contributed by atoms with Crippen LogP contribution in [0.5, 0.6) is 0 Å². The Morgan fingerprint density at radius 3 is 2.62 bits per heavy atom. The van der Waals surface area contributed by atoms with Gasteiger partial charge in [-0.1, -0.05) is 17.7 Å². The fourth-order valence-electron chi connectivity index (χ4n) is 2.25. The Hall–Kier alpha value is -1.33. The maximum atomic E-state index is 13.0. The van der Waals surface area contributed by atoms with Gasteiger partial charge in [0, 0.05) is 11.4 Å². The number of benzene rings is 1. The van der Waals surface area contributed by atoms with Gasteiger partial charge < -0.3 is 14.7 Å². The van der Waals surface area contributed by atoms with Crippen LogP contribution in [-0.4, -0.2) is 40.4 Å². The van der Waals surface area contributed by atoms with Crippen molar-refractivity contribution in [3.63, 3.8) is 0 Å². The lowest BCUT2D eigenvalue weighted by molar-refractivity contribution is -0.0973. The van der Waals surface area contributed by atoms with Crippen molar-refractivity contribution >= 4 is 17.7 Å². The molecule has 1 amide bonds. The number of aliphatic hydroxyl groups is 1. The molecule has 0 atom stereocenters. The van der Waals surface area contributed by atoms with Gasteiger partial charge in [-0.3, -0.25) is 0 Å². The highest BCUT2D eigenvalue weighted by Gasteiger charge is 2.45. The van der Waals surface area contributed by atoms with Crippen molar-refractivity contribution in [3.05, 3.63) is 34.6 Å². The predicted molar refractivity (Wildman–Crippen MR) is 77.9 cm³/mol. The second-order valence-electron chi connectivity index (χ2n) is 6.47. The van der Waals surface area contributed by atoms with Crippen LogP contribution in [-0.2, 0) is 11.2 Å². The second kappa shape index (κ2) is 5.46. The average molecular weight is 316 g/mol. The van der Waals surface area contributed by atoms with E-state index in [2.05, 4.69) is 0 Å². The van der Waals surface area contributed by atoms with Gasteiger partial charge in [0.25, 0.3) is 0 Å². The van der Waals surface area contributed by atoms with Crippen LogP contribution in [0.15, 0.2) is 18.2 Å². The summed E-state index contributed by atoms with van der Waals surface area (Å²) in [4.78, 5) is 13.2. The van der Waals surface area contributed by atoms with Crippen molar-refractivity contribution in [2.75, 3.05) is 13.1 Å². The Balaban J connectivity index is 1.94. The van der Waals surface area contributed by atoms with E-state index in [1.807, 2.05) is 0 Å². The number of ether oxygens (including phenoxy) is 1. The molecule has 1 heterocycles. The second-order valence-corrected chi connectivity index (χ2v) is 6.88. The lowest BCUT2D eigenvalue weighted by atomic mass is 9.87. The molecule has 0 radical (unpaired) electrons. The first kappa shape index (κ1) is 16.0. The van der Waals surface area contributed by atoms with Crippen LogP contribution in [0.1, 0.15) is 26.3 Å². The molecule has 1 aliphatic rings. The summed E-state index contributed by atoms with van der Waals surface area (Å²) < 4.78 is 18.2. The zero-order valence-corrected chi connectivity index (χ0v) is 13.1. The number of nitrogens with zero attached hydrogens (tertiary/aromatic N) is 1.